The third kappa shape index (κ3) is 3.05. The molecule has 1 N–H and O–H groups in total. The van der Waals surface area contributed by atoms with Crippen LogP contribution in [0.3, 0.4) is 0 Å². The Kier molecular flexibility index (Phi) is 4.73. The second-order valence-corrected chi connectivity index (χ2v) is 8.99. The molecule has 4 nitrogen and oxygen atoms in total. The number of thiophene rings is 2. The molecule has 0 fully saturated rings. The quantitative estimate of drug-likeness (QED) is 0.388. The maximum atomic E-state index is 12.7. The SMILES string of the molecule is C=CC(=O)n1nc(Nc2ccccc2)c2c1CC(c1cccs1)(c1cccs1)C=C2. The van der Waals surface area contributed by atoms with E-state index in [2.05, 4.69) is 64.2 Å². The van der Waals surface area contributed by atoms with Gasteiger partial charge in [0.25, 0.3) is 5.91 Å². The molecule has 5 rings (SSSR count). The van der Waals surface area contributed by atoms with Crippen LogP contribution in [-0.4, -0.2) is 15.7 Å². The van der Waals surface area contributed by atoms with Crippen molar-refractivity contribution in [2.75, 3.05) is 5.32 Å². The molecule has 148 valence electrons. The van der Waals surface area contributed by atoms with Crippen LogP contribution in [0.1, 0.15) is 25.8 Å². The molecule has 3 heterocycles. The van der Waals surface area contributed by atoms with Crippen molar-refractivity contribution in [3.8, 4) is 0 Å². The molecule has 30 heavy (non-hydrogen) atoms. The lowest BCUT2D eigenvalue weighted by Gasteiger charge is -2.32. The summed E-state index contributed by atoms with van der Waals surface area (Å²) in [5, 5.41) is 12.2. The summed E-state index contributed by atoms with van der Waals surface area (Å²) in [6, 6.07) is 18.4. The second-order valence-electron chi connectivity index (χ2n) is 7.09. The molecule has 0 bridgehead atoms. The van der Waals surface area contributed by atoms with Crippen molar-refractivity contribution in [2.24, 2.45) is 0 Å². The minimum Gasteiger partial charge on any atom is -0.338 e. The first-order valence-electron chi connectivity index (χ1n) is 9.59. The number of carbonyl (C=O) groups excluding carboxylic acids is 1. The van der Waals surface area contributed by atoms with Crippen LogP contribution in [-0.2, 0) is 11.8 Å². The average Bonchev–Trinajstić information content (AvgIpc) is 3.55. The molecular formula is C24H19N3OS2. The van der Waals surface area contributed by atoms with Crippen LogP contribution in [0.4, 0.5) is 11.5 Å². The van der Waals surface area contributed by atoms with Crippen molar-refractivity contribution in [1.29, 1.82) is 0 Å². The average molecular weight is 430 g/mol. The van der Waals surface area contributed by atoms with Gasteiger partial charge in [-0.15, -0.1) is 27.8 Å². The van der Waals surface area contributed by atoms with Gasteiger partial charge in [0, 0.05) is 27.4 Å². The number of hydrogen-bond acceptors (Lipinski definition) is 5. The van der Waals surface area contributed by atoms with Crippen LogP contribution in [0.2, 0.25) is 0 Å². The number of anilines is 2. The van der Waals surface area contributed by atoms with E-state index in [4.69, 9.17) is 0 Å². The number of fused-ring (bicyclic) bond motifs is 1. The summed E-state index contributed by atoms with van der Waals surface area (Å²) in [7, 11) is 0. The largest absolute Gasteiger partial charge is 0.338 e. The number of rotatable bonds is 5. The van der Waals surface area contributed by atoms with Crippen molar-refractivity contribution in [3.63, 3.8) is 0 Å². The van der Waals surface area contributed by atoms with Gasteiger partial charge >= 0.3 is 0 Å². The van der Waals surface area contributed by atoms with Gasteiger partial charge in [-0.2, -0.15) is 4.68 Å². The predicted octanol–water partition coefficient (Wildman–Crippen LogP) is 6.13. The third-order valence-corrected chi connectivity index (χ3v) is 7.44. The summed E-state index contributed by atoms with van der Waals surface area (Å²) < 4.78 is 1.49. The zero-order valence-corrected chi connectivity index (χ0v) is 17.7. The van der Waals surface area contributed by atoms with E-state index in [-0.39, 0.29) is 11.3 Å². The highest BCUT2D eigenvalue weighted by Gasteiger charge is 2.39. The molecule has 1 aliphatic carbocycles. The standard InChI is InChI=1S/C24H19N3OS2/c1-2-22(28)27-19-16-24(20-10-6-14-29-20,21-11-7-15-30-21)13-12-18(19)23(26-27)25-17-8-4-3-5-9-17/h2-15H,1,16H2,(H,25,26). The van der Waals surface area contributed by atoms with E-state index < -0.39 is 0 Å². The highest BCUT2D eigenvalue weighted by molar-refractivity contribution is 7.11. The van der Waals surface area contributed by atoms with Crippen LogP contribution >= 0.6 is 22.7 Å². The maximum Gasteiger partial charge on any atom is 0.270 e. The van der Waals surface area contributed by atoms with Crippen molar-refractivity contribution in [2.45, 2.75) is 11.8 Å². The Bertz CT molecular complexity index is 1180. The fourth-order valence-corrected chi connectivity index (χ4v) is 5.81. The number of nitrogens with zero attached hydrogens (tertiary/aromatic N) is 2. The third-order valence-electron chi connectivity index (χ3n) is 5.34. The Balaban J connectivity index is 1.66. The minimum atomic E-state index is -0.307. The summed E-state index contributed by atoms with van der Waals surface area (Å²) in [6.45, 7) is 3.67. The summed E-state index contributed by atoms with van der Waals surface area (Å²) in [5.74, 6) is 0.447. The van der Waals surface area contributed by atoms with E-state index in [1.54, 1.807) is 22.7 Å². The van der Waals surface area contributed by atoms with Crippen molar-refractivity contribution < 1.29 is 4.79 Å². The van der Waals surface area contributed by atoms with E-state index in [9.17, 15) is 4.79 Å². The molecule has 4 aromatic rings. The molecule has 0 atom stereocenters. The Morgan fingerprint density at radius 3 is 2.37 bits per heavy atom. The van der Waals surface area contributed by atoms with Gasteiger partial charge in [-0.05, 0) is 41.1 Å². The molecule has 0 aliphatic heterocycles. The van der Waals surface area contributed by atoms with E-state index in [1.165, 1.54) is 20.5 Å². The number of nitrogens with one attached hydrogen (secondary N) is 1. The first-order chi connectivity index (χ1) is 14.7. The molecule has 0 radical (unpaired) electrons. The van der Waals surface area contributed by atoms with Crippen LogP contribution in [0, 0.1) is 0 Å². The molecular weight excluding hydrogens is 410 g/mol. The van der Waals surface area contributed by atoms with Crippen molar-refractivity contribution in [1.82, 2.24) is 9.78 Å². The topological polar surface area (TPSA) is 46.9 Å². The number of para-hydroxylation sites is 1. The zero-order valence-electron chi connectivity index (χ0n) is 16.1. The number of aromatic nitrogens is 2. The summed E-state index contributed by atoms with van der Waals surface area (Å²) in [4.78, 5) is 15.2. The number of carbonyl (C=O) groups is 1. The van der Waals surface area contributed by atoms with Crippen LogP contribution in [0.25, 0.3) is 6.08 Å². The minimum absolute atomic E-state index is 0.228. The van der Waals surface area contributed by atoms with Crippen LogP contribution in [0.15, 0.2) is 84.1 Å². The van der Waals surface area contributed by atoms with Crippen molar-refractivity contribution >= 4 is 46.2 Å². The lowest BCUT2D eigenvalue weighted by Crippen LogP contribution is -2.30. The van der Waals surface area contributed by atoms with Gasteiger partial charge in [0.1, 0.15) is 0 Å². The molecule has 0 amide bonds. The molecule has 1 aliphatic rings. The maximum absolute atomic E-state index is 12.7. The highest BCUT2D eigenvalue weighted by atomic mass is 32.1. The second kappa shape index (κ2) is 7.55. The molecule has 3 aromatic heterocycles. The monoisotopic (exact) mass is 429 g/mol. The Morgan fingerprint density at radius 2 is 1.77 bits per heavy atom. The number of allylic oxidation sites excluding steroid dienone is 2. The van der Waals surface area contributed by atoms with Gasteiger partial charge in [0.15, 0.2) is 5.82 Å². The van der Waals surface area contributed by atoms with Gasteiger partial charge in [-0.25, -0.2) is 0 Å². The molecule has 0 spiro atoms. The summed E-state index contributed by atoms with van der Waals surface area (Å²) in [5.41, 5.74) is 2.46. The predicted molar refractivity (Wildman–Crippen MR) is 125 cm³/mol. The molecule has 6 heteroatoms. The molecule has 0 unspecified atom stereocenters. The normalized spacial score (nSPS) is 14.3. The zero-order chi connectivity index (χ0) is 20.6. The summed E-state index contributed by atoms with van der Waals surface area (Å²) in [6.07, 6.45) is 6.33. The fraction of sp³-hybridized carbons (Fsp3) is 0.0833. The lowest BCUT2D eigenvalue weighted by atomic mass is 9.76. The number of benzene rings is 1. The van der Waals surface area contributed by atoms with Gasteiger partial charge in [0.2, 0.25) is 0 Å². The number of hydrogen-bond donors (Lipinski definition) is 1. The van der Waals surface area contributed by atoms with Crippen LogP contribution in [0.5, 0.6) is 0 Å². The van der Waals surface area contributed by atoms with Crippen LogP contribution < -0.4 is 5.32 Å². The van der Waals surface area contributed by atoms with Gasteiger partial charge in [0.05, 0.1) is 11.1 Å². The van der Waals surface area contributed by atoms with Gasteiger partial charge < -0.3 is 5.32 Å². The molecule has 0 saturated carbocycles. The first-order valence-corrected chi connectivity index (χ1v) is 11.3. The van der Waals surface area contributed by atoms with E-state index >= 15 is 0 Å². The smallest absolute Gasteiger partial charge is 0.270 e. The van der Waals surface area contributed by atoms with E-state index in [1.807, 2.05) is 30.3 Å². The van der Waals surface area contributed by atoms with E-state index in [0.717, 1.165) is 16.9 Å². The van der Waals surface area contributed by atoms with Gasteiger partial charge in [-0.1, -0.05) is 49.1 Å². The highest BCUT2D eigenvalue weighted by Crippen LogP contribution is 2.46. The first kappa shape index (κ1) is 18.8. The van der Waals surface area contributed by atoms with Gasteiger partial charge in [-0.3, -0.25) is 4.79 Å². The Labute approximate surface area is 182 Å². The lowest BCUT2D eigenvalue weighted by molar-refractivity contribution is 0.0950. The fourth-order valence-electron chi connectivity index (χ4n) is 3.90. The molecule has 0 saturated heterocycles. The van der Waals surface area contributed by atoms with E-state index in [0.29, 0.717) is 12.2 Å². The van der Waals surface area contributed by atoms with Crippen molar-refractivity contribution in [3.05, 3.63) is 105 Å². The molecule has 1 aromatic carbocycles. The Morgan fingerprint density at radius 1 is 1.07 bits per heavy atom. The Hall–Kier alpha value is -3.22. The summed E-state index contributed by atoms with van der Waals surface area (Å²) >= 11 is 3.47.